The zero-order valence-electron chi connectivity index (χ0n) is 19.8. The van der Waals surface area contributed by atoms with E-state index in [1.54, 1.807) is 0 Å². The molecule has 0 heterocycles. The molecule has 5 rings (SSSR count). The van der Waals surface area contributed by atoms with E-state index >= 15 is 0 Å². The van der Waals surface area contributed by atoms with Gasteiger partial charge in [-0.1, -0.05) is 0 Å². The van der Waals surface area contributed by atoms with Crippen LogP contribution in [0.25, 0.3) is 23.3 Å². The van der Waals surface area contributed by atoms with Gasteiger partial charge in [-0.05, 0) is 0 Å². The third-order valence-electron chi connectivity index (χ3n) is 7.97. The number of rotatable bonds is 5. The van der Waals surface area contributed by atoms with E-state index in [-0.39, 0.29) is 7.25 Å². The van der Waals surface area contributed by atoms with Gasteiger partial charge in [-0.3, -0.25) is 0 Å². The monoisotopic (exact) mass is 567 g/mol. The molecule has 2 aliphatic rings. The van der Waals surface area contributed by atoms with E-state index < -0.39 is 21.5 Å². The van der Waals surface area contributed by atoms with Crippen LogP contribution in [-0.4, -0.2) is 5.92 Å². The molecule has 0 amide bonds. The van der Waals surface area contributed by atoms with Crippen LogP contribution in [0, 0.1) is 6.92 Å². The van der Waals surface area contributed by atoms with Crippen molar-refractivity contribution in [1.82, 2.24) is 0 Å². The number of hydrogen-bond donors (Lipinski definition) is 0. The van der Waals surface area contributed by atoms with E-state index in [2.05, 4.69) is 112 Å². The van der Waals surface area contributed by atoms with Crippen LogP contribution in [0.4, 0.5) is 0 Å². The normalized spacial score (nSPS) is 20.3. The Morgan fingerprint density at radius 3 is 2.27 bits per heavy atom. The second-order valence-electron chi connectivity index (χ2n) is 10.0. The molecule has 0 saturated heterocycles. The first-order chi connectivity index (χ1) is 15.7. The molecule has 3 aromatic rings. The van der Waals surface area contributed by atoms with E-state index in [1.807, 2.05) is 0 Å². The van der Waals surface area contributed by atoms with E-state index in [9.17, 15) is 0 Å². The molecule has 0 nitrogen and oxygen atoms in total. The Morgan fingerprint density at radius 1 is 0.879 bits per heavy atom. The minimum atomic E-state index is -4.45. The Balaban J connectivity index is 1.73. The summed E-state index contributed by atoms with van der Waals surface area (Å²) in [5.41, 5.74) is 10.6. The van der Waals surface area contributed by atoms with E-state index in [0.29, 0.717) is 0 Å². The summed E-state index contributed by atoms with van der Waals surface area (Å²) in [6.45, 7) is 9.20. The van der Waals surface area contributed by atoms with Crippen LogP contribution in [0.3, 0.4) is 0 Å². The molecule has 169 valence electrons. The molecule has 33 heavy (non-hydrogen) atoms. The molecule has 2 unspecified atom stereocenters. The fourth-order valence-corrected chi connectivity index (χ4v) is 35.6. The maximum absolute atomic E-state index is 8.14. The summed E-state index contributed by atoms with van der Waals surface area (Å²) in [4.78, 5) is 0. The second-order valence-corrected chi connectivity index (χ2v) is 52.6. The van der Waals surface area contributed by atoms with Crippen LogP contribution >= 0.6 is 17.0 Å². The predicted molar refractivity (Wildman–Crippen MR) is 146 cm³/mol. The number of benzene rings is 3. The Hall–Kier alpha value is -1.18. The summed E-state index contributed by atoms with van der Waals surface area (Å²) in [6.07, 6.45) is 8.00. The van der Waals surface area contributed by atoms with Gasteiger partial charge < -0.3 is 0 Å². The van der Waals surface area contributed by atoms with Crippen LogP contribution in [0.2, 0.25) is 13.1 Å². The first-order valence-electron chi connectivity index (χ1n) is 12.0. The molecule has 0 spiro atoms. The molecule has 2 atom stereocenters. The van der Waals surface area contributed by atoms with Gasteiger partial charge in [0.15, 0.2) is 0 Å². The van der Waals surface area contributed by atoms with Gasteiger partial charge in [0.1, 0.15) is 0 Å². The Kier molecular flexibility index (Phi) is 6.06. The average molecular weight is 570 g/mol. The fraction of sp³-hybridized carbons (Fsp3) is 0.241. The van der Waals surface area contributed by atoms with Crippen LogP contribution in [0.15, 0.2) is 78.4 Å². The topological polar surface area (TPSA) is 0 Å². The van der Waals surface area contributed by atoms with Crippen molar-refractivity contribution >= 4 is 35.1 Å². The standard InChI is InChI=1S/C18H17.C9H7.C2H7Si.2ClH.Zr/c1-3-14-11-16-5-4-6-17(18(16)12-14)15-9-7-13(2)8-10-15;1-2-5-9-7-3-6-8(9)4-1;1-3-2;;;/h4-12H,3H2,1-2H3;1-7H;3H,1-2H3;2*1H;/q;;;;;+2/p-2. The van der Waals surface area contributed by atoms with Crippen molar-refractivity contribution in [2.45, 2.75) is 40.6 Å². The summed E-state index contributed by atoms with van der Waals surface area (Å²) in [6, 6.07) is 24.3. The Morgan fingerprint density at radius 2 is 1.58 bits per heavy atom. The van der Waals surface area contributed by atoms with E-state index in [4.69, 9.17) is 17.0 Å². The van der Waals surface area contributed by atoms with Crippen LogP contribution in [0.1, 0.15) is 48.4 Å². The third-order valence-corrected chi connectivity index (χ3v) is 59.9. The van der Waals surface area contributed by atoms with Crippen molar-refractivity contribution in [3.8, 4) is 11.1 Å². The molecular formula is C29H31Cl2SiZr. The predicted octanol–water partition coefficient (Wildman–Crippen LogP) is 9.26. The van der Waals surface area contributed by atoms with Gasteiger partial charge in [-0.2, -0.15) is 0 Å². The van der Waals surface area contributed by atoms with Gasteiger partial charge in [0.05, 0.1) is 0 Å². The summed E-state index contributed by atoms with van der Waals surface area (Å²) >= 11 is -4.45. The first-order valence-corrected chi connectivity index (χ1v) is 28.3. The number of halogens is 2. The molecular weight excluding hydrogens is 539 g/mol. The molecule has 0 saturated carbocycles. The minimum absolute atomic E-state index is 0.173. The number of allylic oxidation sites excluding steroid dienone is 2. The van der Waals surface area contributed by atoms with Gasteiger partial charge in [0.25, 0.3) is 0 Å². The quantitative estimate of drug-likeness (QED) is 0.269. The van der Waals surface area contributed by atoms with E-state index in [0.717, 1.165) is 6.42 Å². The van der Waals surface area contributed by atoms with Crippen molar-refractivity contribution in [2.24, 2.45) is 0 Å². The van der Waals surface area contributed by atoms with Crippen molar-refractivity contribution in [3.05, 3.63) is 106 Å². The van der Waals surface area contributed by atoms with Gasteiger partial charge >= 0.3 is 209 Å². The Bertz CT molecular complexity index is 1290. The molecule has 2 aliphatic carbocycles. The molecule has 3 aromatic carbocycles. The summed E-state index contributed by atoms with van der Waals surface area (Å²) < 4.78 is 0.346. The summed E-state index contributed by atoms with van der Waals surface area (Å²) in [5.74, 6) is -1.44. The number of aryl methyl sites for hydroxylation is 1. The van der Waals surface area contributed by atoms with Gasteiger partial charge in [-0.15, -0.1) is 0 Å². The average Bonchev–Trinajstić information content (AvgIpc) is 3.42. The summed E-state index contributed by atoms with van der Waals surface area (Å²) in [5, 5.41) is 0. The number of hydrogen-bond acceptors (Lipinski definition) is 0. The van der Waals surface area contributed by atoms with Crippen molar-refractivity contribution in [1.29, 1.82) is 0 Å². The number of fused-ring (bicyclic) bond motifs is 2. The fourth-order valence-electron chi connectivity index (χ4n) is 6.01. The third kappa shape index (κ3) is 3.56. The molecule has 0 radical (unpaired) electrons. The zero-order valence-corrected chi connectivity index (χ0v) is 24.9. The molecule has 0 bridgehead atoms. The SMILES string of the molecule is CCC1=Cc2c(-c3ccc(C)cc3)cccc2[CH]1[Zr]([Cl])([Cl])([CH]1C=Cc2ccccc21)[SiH](C)C. The molecule has 0 aromatic heterocycles. The van der Waals surface area contributed by atoms with Crippen LogP contribution in [0.5, 0.6) is 0 Å². The van der Waals surface area contributed by atoms with Gasteiger partial charge in [-0.25, -0.2) is 0 Å². The first kappa shape index (κ1) is 23.6. The molecule has 0 N–H and O–H groups in total. The second kappa shape index (κ2) is 8.49. The molecule has 4 heteroatoms. The zero-order chi connectivity index (χ0) is 23.4. The molecule has 0 fully saturated rings. The maximum atomic E-state index is 8.14. The van der Waals surface area contributed by atoms with Crippen molar-refractivity contribution < 1.29 is 15.6 Å². The van der Waals surface area contributed by atoms with E-state index in [1.165, 1.54) is 44.5 Å². The summed E-state index contributed by atoms with van der Waals surface area (Å²) in [7, 11) is 16.3. The van der Waals surface area contributed by atoms with Crippen LogP contribution in [-0.2, 0) is 15.6 Å². The van der Waals surface area contributed by atoms with Gasteiger partial charge in [0, 0.05) is 0 Å². The van der Waals surface area contributed by atoms with Crippen molar-refractivity contribution in [2.75, 3.05) is 0 Å². The van der Waals surface area contributed by atoms with Crippen molar-refractivity contribution in [3.63, 3.8) is 0 Å². The van der Waals surface area contributed by atoms with Gasteiger partial charge in [0.2, 0.25) is 0 Å². The Labute approximate surface area is 207 Å². The molecule has 0 aliphatic heterocycles. The van der Waals surface area contributed by atoms with Crippen LogP contribution < -0.4 is 0 Å².